The zero-order valence-corrected chi connectivity index (χ0v) is 19.6. The van der Waals surface area contributed by atoms with Gasteiger partial charge in [-0.05, 0) is 60.9 Å². The molecule has 1 aliphatic rings. The number of ether oxygens (including phenoxy) is 2. The van der Waals surface area contributed by atoms with Crippen LogP contribution in [0, 0.1) is 12.8 Å². The van der Waals surface area contributed by atoms with E-state index in [9.17, 15) is 14.7 Å². The number of nitrogens with zero attached hydrogens (tertiary/aromatic N) is 1. The highest BCUT2D eigenvalue weighted by Gasteiger charge is 2.49. The smallest absolute Gasteiger partial charge is 0.300 e. The van der Waals surface area contributed by atoms with Crippen LogP contribution >= 0.6 is 0 Å². The number of hydrogen-bond acceptors (Lipinski definition) is 6. The molecule has 176 valence electrons. The maximum Gasteiger partial charge on any atom is 0.300 e. The third kappa shape index (κ3) is 4.17. The Balaban J connectivity index is 1.83. The van der Waals surface area contributed by atoms with Crippen LogP contribution in [-0.2, 0) is 9.59 Å². The van der Waals surface area contributed by atoms with Gasteiger partial charge in [0.15, 0.2) is 0 Å². The molecule has 34 heavy (non-hydrogen) atoms. The zero-order valence-electron chi connectivity index (χ0n) is 19.6. The molecular weight excluding hydrogens is 434 g/mol. The first kappa shape index (κ1) is 23.2. The van der Waals surface area contributed by atoms with Crippen molar-refractivity contribution in [3.63, 3.8) is 0 Å². The molecular formula is C27H27NO6. The lowest BCUT2D eigenvalue weighted by molar-refractivity contribution is -0.132. The van der Waals surface area contributed by atoms with Gasteiger partial charge in [-0.1, -0.05) is 26.0 Å². The van der Waals surface area contributed by atoms with Crippen LogP contribution in [0.1, 0.15) is 36.8 Å². The van der Waals surface area contributed by atoms with Crippen LogP contribution < -0.4 is 14.4 Å². The van der Waals surface area contributed by atoms with Gasteiger partial charge >= 0.3 is 0 Å². The first-order valence-electron chi connectivity index (χ1n) is 11.0. The monoisotopic (exact) mass is 461 g/mol. The largest absolute Gasteiger partial charge is 0.507 e. The Hall–Kier alpha value is -4.00. The highest BCUT2D eigenvalue weighted by atomic mass is 16.5. The minimum atomic E-state index is -0.955. The third-order valence-corrected chi connectivity index (χ3v) is 5.62. The Kier molecular flexibility index (Phi) is 6.45. The molecule has 1 amide bonds. The first-order valence-corrected chi connectivity index (χ1v) is 11.0. The van der Waals surface area contributed by atoms with E-state index in [-0.39, 0.29) is 11.3 Å². The van der Waals surface area contributed by atoms with Crippen LogP contribution in [0.2, 0.25) is 0 Å². The lowest BCUT2D eigenvalue weighted by Crippen LogP contribution is -2.29. The van der Waals surface area contributed by atoms with Gasteiger partial charge in [0.25, 0.3) is 11.7 Å². The van der Waals surface area contributed by atoms with Gasteiger partial charge in [-0.25, -0.2) is 0 Å². The molecule has 0 bridgehead atoms. The van der Waals surface area contributed by atoms with Crippen molar-refractivity contribution in [1.29, 1.82) is 0 Å². The molecule has 0 aliphatic carbocycles. The van der Waals surface area contributed by atoms with E-state index in [1.54, 1.807) is 54.6 Å². The molecule has 7 heteroatoms. The molecule has 0 saturated carbocycles. The summed E-state index contributed by atoms with van der Waals surface area (Å²) in [7, 11) is 1.49. The molecule has 1 N–H and O–H groups in total. The maximum absolute atomic E-state index is 13.2. The van der Waals surface area contributed by atoms with Gasteiger partial charge in [-0.2, -0.15) is 0 Å². The van der Waals surface area contributed by atoms with Crippen LogP contribution in [0.15, 0.2) is 70.9 Å². The van der Waals surface area contributed by atoms with Crippen molar-refractivity contribution in [3.8, 4) is 11.5 Å². The lowest BCUT2D eigenvalue weighted by Gasteiger charge is -2.25. The highest BCUT2D eigenvalue weighted by molar-refractivity contribution is 6.51. The van der Waals surface area contributed by atoms with Gasteiger partial charge in [-0.15, -0.1) is 0 Å². The van der Waals surface area contributed by atoms with E-state index in [2.05, 4.69) is 13.8 Å². The van der Waals surface area contributed by atoms with Gasteiger partial charge in [0, 0.05) is 5.56 Å². The number of para-hydroxylation sites is 2. The summed E-state index contributed by atoms with van der Waals surface area (Å²) in [6.45, 7) is 6.55. The molecule has 7 nitrogen and oxygen atoms in total. The predicted molar refractivity (Wildman–Crippen MR) is 128 cm³/mol. The molecule has 2 heterocycles. The Morgan fingerprint density at radius 3 is 2.50 bits per heavy atom. The number of furan rings is 1. The van der Waals surface area contributed by atoms with E-state index in [0.717, 1.165) is 5.56 Å². The molecule has 1 aromatic heterocycles. The number of benzene rings is 2. The fourth-order valence-corrected chi connectivity index (χ4v) is 4.00. The van der Waals surface area contributed by atoms with E-state index in [4.69, 9.17) is 13.9 Å². The molecule has 4 rings (SSSR count). The van der Waals surface area contributed by atoms with E-state index >= 15 is 0 Å². The number of aliphatic hydroxyl groups is 1. The highest BCUT2D eigenvalue weighted by Crippen LogP contribution is 2.45. The lowest BCUT2D eigenvalue weighted by atomic mass is 9.98. The summed E-state index contributed by atoms with van der Waals surface area (Å²) in [5, 5.41) is 11.3. The number of aliphatic hydroxyl groups excluding tert-OH is 1. The van der Waals surface area contributed by atoms with Crippen molar-refractivity contribution in [3.05, 3.63) is 83.3 Å². The molecule has 1 atom stereocenters. The molecule has 1 unspecified atom stereocenters. The Bertz CT molecular complexity index is 1240. The van der Waals surface area contributed by atoms with E-state index in [1.165, 1.54) is 18.3 Å². The van der Waals surface area contributed by atoms with Gasteiger partial charge < -0.3 is 19.0 Å². The number of hydrogen-bond donors (Lipinski definition) is 1. The van der Waals surface area contributed by atoms with E-state index in [0.29, 0.717) is 41.0 Å². The average molecular weight is 462 g/mol. The summed E-state index contributed by atoms with van der Waals surface area (Å²) in [5.74, 6) is -0.0305. The normalized spacial score (nSPS) is 17.4. The van der Waals surface area contributed by atoms with Gasteiger partial charge in [0.2, 0.25) is 0 Å². The standard InChI is InChI=1S/C27H27NO6/c1-16(2)15-34-20-12-11-18(14-17(20)3)25(29)23-24(22-10-7-13-33-22)28(27(31)26(23)30)19-8-5-6-9-21(19)32-4/h5-14,16,24,29H,15H2,1-4H3/b25-23-. The minimum Gasteiger partial charge on any atom is -0.507 e. The number of carbonyl (C=O) groups excluding carboxylic acids is 2. The Morgan fingerprint density at radius 2 is 1.85 bits per heavy atom. The topological polar surface area (TPSA) is 89.2 Å². The number of methoxy groups -OCH3 is 1. The fraction of sp³-hybridized carbons (Fsp3) is 0.259. The summed E-state index contributed by atoms with van der Waals surface area (Å²) in [5.41, 5.74) is 1.56. The fourth-order valence-electron chi connectivity index (χ4n) is 4.00. The van der Waals surface area contributed by atoms with Crippen molar-refractivity contribution < 1.29 is 28.6 Å². The number of Topliss-reactive ketones (excluding diaryl/α,β-unsaturated/α-hetero) is 1. The van der Waals surface area contributed by atoms with Crippen LogP contribution in [0.25, 0.3) is 5.76 Å². The second kappa shape index (κ2) is 9.47. The summed E-state index contributed by atoms with van der Waals surface area (Å²) in [4.78, 5) is 27.7. The molecule has 3 aromatic rings. The van der Waals surface area contributed by atoms with E-state index in [1.807, 2.05) is 6.92 Å². The van der Waals surface area contributed by atoms with Crippen LogP contribution in [0.5, 0.6) is 11.5 Å². The van der Waals surface area contributed by atoms with Crippen LogP contribution in [0.3, 0.4) is 0 Å². The number of rotatable bonds is 7. The maximum atomic E-state index is 13.2. The van der Waals surface area contributed by atoms with Gasteiger partial charge in [0.1, 0.15) is 29.1 Å². The van der Waals surface area contributed by atoms with Gasteiger partial charge in [-0.3, -0.25) is 14.5 Å². The number of aryl methyl sites for hydroxylation is 1. The molecule has 0 radical (unpaired) electrons. The van der Waals surface area contributed by atoms with Gasteiger partial charge in [0.05, 0.1) is 31.2 Å². The van der Waals surface area contributed by atoms with Crippen molar-refractivity contribution in [2.75, 3.05) is 18.6 Å². The molecule has 2 aromatic carbocycles. The average Bonchev–Trinajstić information content (AvgIpc) is 3.44. The quantitative estimate of drug-likeness (QED) is 0.293. The second-order valence-electron chi connectivity index (χ2n) is 8.54. The van der Waals surface area contributed by atoms with E-state index < -0.39 is 17.7 Å². The zero-order chi connectivity index (χ0) is 24.4. The van der Waals surface area contributed by atoms with Crippen molar-refractivity contribution in [2.24, 2.45) is 5.92 Å². The van der Waals surface area contributed by atoms with Crippen LogP contribution in [-0.4, -0.2) is 30.5 Å². The van der Waals surface area contributed by atoms with Crippen molar-refractivity contribution in [1.82, 2.24) is 0 Å². The third-order valence-electron chi connectivity index (χ3n) is 5.62. The second-order valence-corrected chi connectivity index (χ2v) is 8.54. The summed E-state index contributed by atoms with van der Waals surface area (Å²) in [6.07, 6.45) is 1.46. The number of anilines is 1. The number of ketones is 1. The Morgan fingerprint density at radius 1 is 1.09 bits per heavy atom. The molecule has 1 aliphatic heterocycles. The molecule has 0 spiro atoms. The Labute approximate surface area is 198 Å². The predicted octanol–water partition coefficient (Wildman–Crippen LogP) is 5.26. The van der Waals surface area contributed by atoms with Crippen LogP contribution in [0.4, 0.5) is 5.69 Å². The molecule has 1 saturated heterocycles. The number of amides is 1. The summed E-state index contributed by atoms with van der Waals surface area (Å²) < 4.78 is 16.8. The molecule has 1 fully saturated rings. The SMILES string of the molecule is COc1ccccc1N1C(=O)C(=O)/C(=C(\O)c2ccc(OCC(C)C)c(C)c2)C1c1ccco1. The van der Waals surface area contributed by atoms with Crippen molar-refractivity contribution in [2.45, 2.75) is 26.8 Å². The summed E-state index contributed by atoms with van der Waals surface area (Å²) >= 11 is 0. The van der Waals surface area contributed by atoms with Crippen molar-refractivity contribution >= 4 is 23.1 Å². The number of carbonyl (C=O) groups is 2. The summed E-state index contributed by atoms with van der Waals surface area (Å²) in [6, 6.07) is 14.5. The first-order chi connectivity index (χ1) is 16.3. The minimum absolute atomic E-state index is 0.0545.